The topological polar surface area (TPSA) is 307 Å². The third kappa shape index (κ3) is 38.1. The summed E-state index contributed by atoms with van der Waals surface area (Å²) in [4.78, 5) is 13.4. The van der Waals surface area contributed by atoms with Gasteiger partial charge in [-0.05, 0) is 83.5 Å². The molecule has 0 aliphatic carbocycles. The maximum Gasteiger partial charge on any atom is 0.220 e. The van der Waals surface area contributed by atoms with E-state index < -0.39 is 124 Å². The molecule has 556 valence electrons. The molecule has 0 radical (unpaired) electrons. The average molecular weight is 1360 g/mol. The fourth-order valence-electron chi connectivity index (χ4n) is 12.3. The average Bonchev–Trinajstić information content (AvgIpc) is 0.788. The molecule has 12 N–H and O–H groups in total. The molecule has 96 heavy (non-hydrogen) atoms. The molecule has 0 spiro atoms. The van der Waals surface area contributed by atoms with Gasteiger partial charge in [-0.3, -0.25) is 4.79 Å². The Kier molecular flexibility index (Phi) is 52.3. The number of hydrogen-bond donors (Lipinski definition) is 12. The molecule has 19 heteroatoms. The van der Waals surface area contributed by atoms with Crippen molar-refractivity contribution < 1.29 is 89.4 Å². The van der Waals surface area contributed by atoms with Crippen molar-refractivity contribution in [1.29, 1.82) is 0 Å². The van der Waals surface area contributed by atoms with E-state index in [4.69, 9.17) is 28.4 Å². The van der Waals surface area contributed by atoms with Crippen molar-refractivity contribution in [2.24, 2.45) is 0 Å². The lowest BCUT2D eigenvalue weighted by Crippen LogP contribution is -2.66. The highest BCUT2D eigenvalue weighted by atomic mass is 16.8. The van der Waals surface area contributed by atoms with Gasteiger partial charge in [-0.1, -0.05) is 259 Å². The van der Waals surface area contributed by atoms with Crippen LogP contribution >= 0.6 is 0 Å². The van der Waals surface area contributed by atoms with Crippen LogP contribution in [0.4, 0.5) is 0 Å². The van der Waals surface area contributed by atoms with Gasteiger partial charge in [0.15, 0.2) is 18.9 Å². The quantitative estimate of drug-likeness (QED) is 0.0199. The minimum atomic E-state index is -1.99. The van der Waals surface area contributed by atoms with E-state index in [2.05, 4.69) is 92.1 Å². The molecule has 17 atom stereocenters. The number of unbranched alkanes of at least 4 members (excludes halogenated alkanes) is 30. The SMILES string of the molecule is CC/C=C\C/C=C\C/C=C\C/C=C\CCCCCCCCCCCCC(=O)NC(COC1OC(CO)C(OC2OC(CO)C(OC3OC(CO)C(O)C(O)C3O)C(O)C2O)C(O)C1O)C(O)/C=C/CC/C=C/CC/C=C/CCCCCCCCCCCCCCCCCCCC. The zero-order valence-corrected chi connectivity index (χ0v) is 59.1. The minimum Gasteiger partial charge on any atom is -0.394 e. The molecular formula is C77H135NO18. The van der Waals surface area contributed by atoms with Crippen LogP contribution < -0.4 is 5.32 Å². The standard InChI is InChI=1S/C77H135NO18/c1-3-5-7-9-11-13-15-17-19-21-23-25-27-28-29-30-31-33-34-36-38-40-42-44-46-48-50-52-54-61(82)60(78-65(83)55-53-51-49-47-45-43-41-39-37-35-32-26-24-22-20-18-16-14-12-10-8-6-4-2)59-91-75-71(89)68(86)73(63(57-80)93-75)96-77-72(90)69(87)74(64(58-81)94-77)95-76-70(88)67(85)66(84)62(56-79)92-76/h6,8,12,14,18,20,24,26,36,38,44,46,52,54,60-64,66-77,79-82,84-90H,3-5,7,9-11,13,15-17,19,21-23,25,27-35,37,39-43,45,47-51,53,55-59H2,1-2H3,(H,78,83)/b8-6-,14-12-,20-18-,26-24-,38-36+,46-44+,54-52+. The number of allylic oxidation sites excluding steroid dienone is 13. The zero-order valence-electron chi connectivity index (χ0n) is 59.1. The van der Waals surface area contributed by atoms with Crippen molar-refractivity contribution in [3.05, 3.63) is 85.1 Å². The molecule has 0 aromatic carbocycles. The van der Waals surface area contributed by atoms with Crippen LogP contribution in [0.25, 0.3) is 0 Å². The van der Waals surface area contributed by atoms with Crippen LogP contribution in [0.1, 0.15) is 264 Å². The second-order valence-electron chi connectivity index (χ2n) is 26.7. The third-order valence-corrected chi connectivity index (χ3v) is 18.4. The summed E-state index contributed by atoms with van der Waals surface area (Å²) in [5.74, 6) is -0.296. The summed E-state index contributed by atoms with van der Waals surface area (Å²) < 4.78 is 34.4. The highest BCUT2D eigenvalue weighted by Crippen LogP contribution is 2.33. The lowest BCUT2D eigenvalue weighted by molar-refractivity contribution is -0.379. The highest BCUT2D eigenvalue weighted by Gasteiger charge is 2.53. The van der Waals surface area contributed by atoms with Crippen LogP contribution in [0.3, 0.4) is 0 Å². The molecule has 3 saturated heterocycles. The van der Waals surface area contributed by atoms with Crippen molar-refractivity contribution in [3.63, 3.8) is 0 Å². The van der Waals surface area contributed by atoms with E-state index in [1.807, 2.05) is 6.08 Å². The van der Waals surface area contributed by atoms with E-state index in [-0.39, 0.29) is 18.9 Å². The van der Waals surface area contributed by atoms with Crippen LogP contribution in [0, 0.1) is 0 Å². The summed E-state index contributed by atoms with van der Waals surface area (Å²) in [5, 5.41) is 121. The van der Waals surface area contributed by atoms with Gasteiger partial charge < -0.3 is 89.9 Å². The van der Waals surface area contributed by atoms with Crippen LogP contribution in [0.15, 0.2) is 85.1 Å². The Morgan fingerprint density at radius 3 is 1.17 bits per heavy atom. The number of carbonyl (C=O) groups is 1. The van der Waals surface area contributed by atoms with Crippen LogP contribution in [-0.2, 0) is 33.2 Å². The normalized spacial score (nSPS) is 27.5. The van der Waals surface area contributed by atoms with Gasteiger partial charge in [-0.15, -0.1) is 0 Å². The fourth-order valence-corrected chi connectivity index (χ4v) is 12.3. The van der Waals surface area contributed by atoms with E-state index in [1.165, 1.54) is 148 Å². The monoisotopic (exact) mass is 1360 g/mol. The van der Waals surface area contributed by atoms with E-state index in [9.17, 15) is 61.0 Å². The van der Waals surface area contributed by atoms with Gasteiger partial charge in [0.05, 0.1) is 38.6 Å². The number of rotatable bonds is 58. The Hall–Kier alpha value is -3.03. The van der Waals surface area contributed by atoms with Gasteiger partial charge in [0.1, 0.15) is 73.2 Å². The molecule has 0 aromatic heterocycles. The van der Waals surface area contributed by atoms with E-state index >= 15 is 0 Å². The van der Waals surface area contributed by atoms with E-state index in [0.29, 0.717) is 12.8 Å². The maximum atomic E-state index is 13.4. The number of amides is 1. The molecule has 17 unspecified atom stereocenters. The zero-order chi connectivity index (χ0) is 69.6. The number of aliphatic hydroxyl groups is 11. The molecule has 3 fully saturated rings. The molecule has 3 heterocycles. The predicted molar refractivity (Wildman–Crippen MR) is 378 cm³/mol. The summed E-state index contributed by atoms with van der Waals surface area (Å²) in [7, 11) is 0. The van der Waals surface area contributed by atoms with Crippen molar-refractivity contribution >= 4 is 5.91 Å². The molecule has 0 bridgehead atoms. The summed E-state index contributed by atoms with van der Waals surface area (Å²) in [5.41, 5.74) is 0. The summed E-state index contributed by atoms with van der Waals surface area (Å²) >= 11 is 0. The summed E-state index contributed by atoms with van der Waals surface area (Å²) in [6.07, 6.45) is 48.5. The first-order valence-electron chi connectivity index (χ1n) is 37.8. The highest BCUT2D eigenvalue weighted by molar-refractivity contribution is 5.76. The summed E-state index contributed by atoms with van der Waals surface area (Å²) in [6.45, 7) is 1.61. The number of aliphatic hydroxyl groups excluding tert-OH is 11. The number of hydrogen-bond acceptors (Lipinski definition) is 18. The number of carbonyl (C=O) groups excluding carboxylic acids is 1. The number of ether oxygens (including phenoxy) is 6. The first kappa shape index (κ1) is 87.2. The first-order chi connectivity index (χ1) is 46.8. The Morgan fingerprint density at radius 2 is 0.729 bits per heavy atom. The first-order valence-corrected chi connectivity index (χ1v) is 37.8. The smallest absolute Gasteiger partial charge is 0.220 e. The molecule has 0 saturated carbocycles. The van der Waals surface area contributed by atoms with E-state index in [1.54, 1.807) is 6.08 Å². The lowest BCUT2D eigenvalue weighted by atomic mass is 9.96. The number of nitrogens with one attached hydrogen (secondary N) is 1. The molecule has 3 rings (SSSR count). The van der Waals surface area contributed by atoms with Crippen molar-refractivity contribution in [2.45, 2.75) is 369 Å². The summed E-state index contributed by atoms with van der Waals surface area (Å²) in [6, 6.07) is -1.01. The van der Waals surface area contributed by atoms with Gasteiger partial charge in [-0.2, -0.15) is 0 Å². The Labute approximate surface area is 578 Å². The Bertz CT molecular complexity index is 2070. The molecule has 3 aliphatic rings. The largest absolute Gasteiger partial charge is 0.394 e. The van der Waals surface area contributed by atoms with Crippen LogP contribution in [0.2, 0.25) is 0 Å². The fraction of sp³-hybridized carbons (Fsp3) is 0.805. The molecular weight excluding hydrogens is 1230 g/mol. The third-order valence-electron chi connectivity index (χ3n) is 18.4. The molecule has 19 nitrogen and oxygen atoms in total. The van der Waals surface area contributed by atoms with Crippen LogP contribution in [-0.4, -0.2) is 193 Å². The second-order valence-corrected chi connectivity index (χ2v) is 26.7. The van der Waals surface area contributed by atoms with Crippen LogP contribution in [0.5, 0.6) is 0 Å². The maximum absolute atomic E-state index is 13.4. The predicted octanol–water partition coefficient (Wildman–Crippen LogP) is 11.4. The van der Waals surface area contributed by atoms with Crippen molar-refractivity contribution in [2.75, 3.05) is 26.4 Å². The minimum absolute atomic E-state index is 0.222. The second kappa shape index (κ2) is 57.6. The molecule has 3 aliphatic heterocycles. The Balaban J connectivity index is 1.43. The Morgan fingerprint density at radius 1 is 0.385 bits per heavy atom. The van der Waals surface area contributed by atoms with Gasteiger partial charge in [0.2, 0.25) is 5.91 Å². The van der Waals surface area contributed by atoms with Gasteiger partial charge in [-0.25, -0.2) is 0 Å². The van der Waals surface area contributed by atoms with Crippen molar-refractivity contribution in [3.8, 4) is 0 Å². The van der Waals surface area contributed by atoms with Gasteiger partial charge in [0, 0.05) is 6.42 Å². The van der Waals surface area contributed by atoms with E-state index in [0.717, 1.165) is 83.5 Å². The van der Waals surface area contributed by atoms with Gasteiger partial charge >= 0.3 is 0 Å². The lowest BCUT2D eigenvalue weighted by Gasteiger charge is -2.48. The van der Waals surface area contributed by atoms with Gasteiger partial charge in [0.25, 0.3) is 0 Å². The molecule has 0 aromatic rings. The van der Waals surface area contributed by atoms with Crippen molar-refractivity contribution in [1.82, 2.24) is 5.32 Å². The molecule has 1 amide bonds.